The number of nitrogens with zero attached hydrogens (tertiary/aromatic N) is 1. The first kappa shape index (κ1) is 17.9. The van der Waals surface area contributed by atoms with Crippen molar-refractivity contribution in [1.82, 2.24) is 5.32 Å². The molecule has 0 fully saturated rings. The maximum Gasteiger partial charge on any atom is 0.355 e. The number of non-ortho nitro benzene ring substituents is 1. The van der Waals surface area contributed by atoms with Gasteiger partial charge in [0.15, 0.2) is 0 Å². The molecule has 0 aromatic heterocycles. The Morgan fingerprint density at radius 2 is 1.88 bits per heavy atom. The SMILES string of the molecule is CC(=O)N/C(=C/c1ccccc1)C(=O)OCc1cccc([N+](=O)[O-])c1. The summed E-state index contributed by atoms with van der Waals surface area (Å²) in [5.41, 5.74) is 1.10. The standard InChI is InChI=1S/C18H16N2O5/c1-13(21)19-17(11-14-6-3-2-4-7-14)18(22)25-12-15-8-5-9-16(10-15)20(23)24/h2-11H,12H2,1H3,(H,19,21)/b17-11+. The van der Waals surface area contributed by atoms with Crippen LogP contribution in [0.2, 0.25) is 0 Å². The second kappa shape index (κ2) is 8.39. The molecule has 0 aliphatic rings. The van der Waals surface area contributed by atoms with Gasteiger partial charge in [0.1, 0.15) is 12.3 Å². The van der Waals surface area contributed by atoms with Crippen LogP contribution in [0, 0.1) is 10.1 Å². The Bertz CT molecular complexity index is 815. The van der Waals surface area contributed by atoms with E-state index in [1.165, 1.54) is 31.2 Å². The van der Waals surface area contributed by atoms with E-state index in [2.05, 4.69) is 5.32 Å². The van der Waals surface area contributed by atoms with Gasteiger partial charge in [-0.15, -0.1) is 0 Å². The summed E-state index contributed by atoms with van der Waals surface area (Å²) in [6.45, 7) is 1.14. The van der Waals surface area contributed by atoms with Gasteiger partial charge in [-0.2, -0.15) is 0 Å². The lowest BCUT2D eigenvalue weighted by Gasteiger charge is -2.09. The van der Waals surface area contributed by atoms with Crippen LogP contribution in [0.1, 0.15) is 18.1 Å². The van der Waals surface area contributed by atoms with Crippen LogP contribution >= 0.6 is 0 Å². The lowest BCUT2D eigenvalue weighted by Crippen LogP contribution is -2.26. The van der Waals surface area contributed by atoms with Crippen LogP contribution < -0.4 is 5.32 Å². The molecule has 128 valence electrons. The summed E-state index contributed by atoms with van der Waals surface area (Å²) in [4.78, 5) is 33.8. The summed E-state index contributed by atoms with van der Waals surface area (Å²) in [6.07, 6.45) is 1.50. The second-order valence-electron chi connectivity index (χ2n) is 5.15. The van der Waals surface area contributed by atoms with Crippen LogP contribution in [0.5, 0.6) is 0 Å². The predicted octanol–water partition coefficient (Wildman–Crippen LogP) is 2.82. The van der Waals surface area contributed by atoms with Gasteiger partial charge in [-0.25, -0.2) is 4.79 Å². The molecule has 0 unspecified atom stereocenters. The Morgan fingerprint density at radius 3 is 2.52 bits per heavy atom. The quantitative estimate of drug-likeness (QED) is 0.377. The third kappa shape index (κ3) is 5.58. The summed E-state index contributed by atoms with van der Waals surface area (Å²) in [6, 6.07) is 14.8. The van der Waals surface area contributed by atoms with E-state index in [9.17, 15) is 19.7 Å². The van der Waals surface area contributed by atoms with E-state index in [4.69, 9.17) is 4.74 Å². The molecule has 0 radical (unpaired) electrons. The van der Waals surface area contributed by atoms with Gasteiger partial charge in [-0.05, 0) is 17.2 Å². The minimum atomic E-state index is -0.731. The van der Waals surface area contributed by atoms with Crippen molar-refractivity contribution in [1.29, 1.82) is 0 Å². The van der Waals surface area contributed by atoms with Crippen molar-refractivity contribution in [2.45, 2.75) is 13.5 Å². The van der Waals surface area contributed by atoms with E-state index < -0.39 is 16.8 Å². The Hall–Kier alpha value is -3.48. The zero-order valence-corrected chi connectivity index (χ0v) is 13.5. The summed E-state index contributed by atoms with van der Waals surface area (Å²) < 4.78 is 5.15. The molecule has 1 amide bonds. The van der Waals surface area contributed by atoms with Crippen molar-refractivity contribution in [2.24, 2.45) is 0 Å². The topological polar surface area (TPSA) is 98.5 Å². The highest BCUT2D eigenvalue weighted by molar-refractivity contribution is 5.97. The van der Waals surface area contributed by atoms with E-state index in [-0.39, 0.29) is 18.0 Å². The highest BCUT2D eigenvalue weighted by Gasteiger charge is 2.14. The van der Waals surface area contributed by atoms with Gasteiger partial charge in [0.25, 0.3) is 5.69 Å². The van der Waals surface area contributed by atoms with Gasteiger partial charge in [-0.1, -0.05) is 42.5 Å². The van der Waals surface area contributed by atoms with E-state index in [1.807, 2.05) is 6.07 Å². The average molecular weight is 340 g/mol. The smallest absolute Gasteiger partial charge is 0.355 e. The Morgan fingerprint density at radius 1 is 1.16 bits per heavy atom. The molecule has 0 spiro atoms. The Balaban J connectivity index is 2.12. The maximum absolute atomic E-state index is 12.2. The van der Waals surface area contributed by atoms with Crippen LogP contribution in [-0.4, -0.2) is 16.8 Å². The number of nitro groups is 1. The van der Waals surface area contributed by atoms with Gasteiger partial charge in [0, 0.05) is 19.1 Å². The fraction of sp³-hybridized carbons (Fsp3) is 0.111. The van der Waals surface area contributed by atoms with E-state index in [1.54, 1.807) is 30.3 Å². The van der Waals surface area contributed by atoms with Gasteiger partial charge < -0.3 is 10.1 Å². The molecule has 2 rings (SSSR count). The molecule has 0 atom stereocenters. The molecular weight excluding hydrogens is 324 g/mol. The second-order valence-corrected chi connectivity index (χ2v) is 5.15. The molecule has 25 heavy (non-hydrogen) atoms. The van der Waals surface area contributed by atoms with Crippen molar-refractivity contribution >= 4 is 23.6 Å². The minimum Gasteiger partial charge on any atom is -0.456 e. The molecule has 1 N–H and O–H groups in total. The highest BCUT2D eigenvalue weighted by atomic mass is 16.6. The lowest BCUT2D eigenvalue weighted by molar-refractivity contribution is -0.384. The first-order chi connectivity index (χ1) is 12.0. The van der Waals surface area contributed by atoms with Crippen LogP contribution in [0.3, 0.4) is 0 Å². The van der Waals surface area contributed by atoms with E-state index in [0.717, 1.165) is 5.56 Å². The number of hydrogen-bond acceptors (Lipinski definition) is 5. The summed E-state index contributed by atoms with van der Waals surface area (Å²) >= 11 is 0. The molecule has 2 aromatic carbocycles. The number of carbonyl (C=O) groups excluding carboxylic acids is 2. The predicted molar refractivity (Wildman–Crippen MR) is 91.1 cm³/mol. The fourth-order valence-electron chi connectivity index (χ4n) is 2.04. The zero-order valence-electron chi connectivity index (χ0n) is 13.5. The van der Waals surface area contributed by atoms with Gasteiger partial charge in [-0.3, -0.25) is 14.9 Å². The number of nitrogens with one attached hydrogen (secondary N) is 1. The van der Waals surface area contributed by atoms with Crippen LogP contribution in [0.25, 0.3) is 6.08 Å². The molecule has 0 heterocycles. The first-order valence-corrected chi connectivity index (χ1v) is 7.40. The molecule has 7 nitrogen and oxygen atoms in total. The monoisotopic (exact) mass is 340 g/mol. The molecule has 2 aromatic rings. The normalized spacial score (nSPS) is 10.8. The third-order valence-corrected chi connectivity index (χ3v) is 3.13. The van der Waals surface area contributed by atoms with Crippen LogP contribution in [0.4, 0.5) is 5.69 Å². The number of carbonyl (C=O) groups is 2. The van der Waals surface area contributed by atoms with Gasteiger partial charge in [0.05, 0.1) is 4.92 Å². The summed E-state index contributed by atoms with van der Waals surface area (Å²) in [5.74, 6) is -1.14. The maximum atomic E-state index is 12.2. The van der Waals surface area contributed by atoms with E-state index >= 15 is 0 Å². The molecule has 0 aliphatic heterocycles. The molecular formula is C18H16N2O5. The van der Waals surface area contributed by atoms with Crippen molar-refractivity contribution < 1.29 is 19.2 Å². The van der Waals surface area contributed by atoms with Crippen molar-refractivity contribution in [3.05, 3.63) is 81.5 Å². The lowest BCUT2D eigenvalue weighted by atomic mass is 10.2. The largest absolute Gasteiger partial charge is 0.456 e. The van der Waals surface area contributed by atoms with Crippen LogP contribution in [0.15, 0.2) is 60.3 Å². The number of rotatable bonds is 6. The number of ether oxygens (including phenoxy) is 1. The minimum absolute atomic E-state index is 0.0101. The number of benzene rings is 2. The average Bonchev–Trinajstić information content (AvgIpc) is 2.60. The molecule has 0 saturated heterocycles. The molecule has 0 saturated carbocycles. The number of hydrogen-bond donors (Lipinski definition) is 1. The summed E-state index contributed by atoms with van der Waals surface area (Å²) in [5, 5.41) is 13.2. The number of nitro benzene ring substituents is 1. The molecule has 0 aliphatic carbocycles. The number of esters is 1. The van der Waals surface area contributed by atoms with Crippen LogP contribution in [-0.2, 0) is 20.9 Å². The van der Waals surface area contributed by atoms with Gasteiger partial charge >= 0.3 is 5.97 Å². The van der Waals surface area contributed by atoms with Crippen molar-refractivity contribution in [2.75, 3.05) is 0 Å². The zero-order chi connectivity index (χ0) is 18.2. The number of amides is 1. The van der Waals surface area contributed by atoms with Gasteiger partial charge in [0.2, 0.25) is 5.91 Å². The molecule has 0 bridgehead atoms. The third-order valence-electron chi connectivity index (χ3n) is 3.13. The Labute approximate surface area is 144 Å². The molecule has 7 heteroatoms. The van der Waals surface area contributed by atoms with Crippen molar-refractivity contribution in [3.8, 4) is 0 Å². The van der Waals surface area contributed by atoms with Crippen molar-refractivity contribution in [3.63, 3.8) is 0 Å². The Kier molecular flexibility index (Phi) is 6.00. The van der Waals surface area contributed by atoms with E-state index in [0.29, 0.717) is 5.56 Å². The first-order valence-electron chi connectivity index (χ1n) is 7.40. The highest BCUT2D eigenvalue weighted by Crippen LogP contribution is 2.14. The summed E-state index contributed by atoms with van der Waals surface area (Å²) in [7, 11) is 0. The fourth-order valence-corrected chi connectivity index (χ4v) is 2.04.